The Balaban J connectivity index is 1.18. The van der Waals surface area contributed by atoms with E-state index in [1.807, 2.05) is 18.2 Å². The molecule has 2 aliphatic heterocycles. The van der Waals surface area contributed by atoms with Crippen molar-refractivity contribution in [3.63, 3.8) is 0 Å². The van der Waals surface area contributed by atoms with Gasteiger partial charge in [-0.25, -0.2) is 0 Å². The van der Waals surface area contributed by atoms with Gasteiger partial charge in [-0.2, -0.15) is 0 Å². The first-order valence-electron chi connectivity index (χ1n) is 12.7. The van der Waals surface area contributed by atoms with Crippen LogP contribution < -0.4 is 14.2 Å². The summed E-state index contributed by atoms with van der Waals surface area (Å²) in [6.07, 6.45) is 3.32. The van der Waals surface area contributed by atoms with E-state index in [1.54, 1.807) is 0 Å². The summed E-state index contributed by atoms with van der Waals surface area (Å²) in [5, 5.41) is 9.10. The van der Waals surface area contributed by atoms with E-state index in [4.69, 9.17) is 24.1 Å². The molecule has 0 aromatic heterocycles. The van der Waals surface area contributed by atoms with E-state index in [2.05, 4.69) is 37.3 Å². The van der Waals surface area contributed by atoms with Gasteiger partial charge in [0, 0.05) is 24.0 Å². The SMILES string of the molecule is Cc1cc(O[C@H]2CCOC2)c2c(c1-c1cccc(COc3ccc4c(c3)OC[C@H]4CC(=O)O)c1)CC2. The lowest BCUT2D eigenvalue weighted by Crippen LogP contribution is -2.20. The summed E-state index contributed by atoms with van der Waals surface area (Å²) in [4.78, 5) is 11.1. The van der Waals surface area contributed by atoms with E-state index in [-0.39, 0.29) is 18.4 Å². The third-order valence-corrected chi connectivity index (χ3v) is 7.42. The van der Waals surface area contributed by atoms with Gasteiger partial charge in [0.2, 0.25) is 0 Å². The monoisotopic (exact) mass is 486 g/mol. The molecule has 0 unspecified atom stereocenters. The minimum Gasteiger partial charge on any atom is -0.492 e. The van der Waals surface area contributed by atoms with E-state index in [0.717, 1.165) is 42.7 Å². The molecule has 2 heterocycles. The molecule has 2 atom stereocenters. The number of fused-ring (bicyclic) bond motifs is 2. The van der Waals surface area contributed by atoms with Crippen molar-refractivity contribution < 1.29 is 28.8 Å². The van der Waals surface area contributed by atoms with Crippen molar-refractivity contribution in [1.82, 2.24) is 0 Å². The maximum atomic E-state index is 11.1. The normalized spacial score (nSPS) is 19.7. The first kappa shape index (κ1) is 22.9. The van der Waals surface area contributed by atoms with Crippen molar-refractivity contribution in [1.29, 1.82) is 0 Å². The van der Waals surface area contributed by atoms with Gasteiger partial charge in [0.25, 0.3) is 0 Å². The number of carboxylic acids is 1. The van der Waals surface area contributed by atoms with Crippen molar-refractivity contribution in [3.05, 3.63) is 76.3 Å². The van der Waals surface area contributed by atoms with Crippen molar-refractivity contribution in [3.8, 4) is 28.4 Å². The van der Waals surface area contributed by atoms with Gasteiger partial charge in [0.1, 0.15) is 30.0 Å². The quantitative estimate of drug-likeness (QED) is 0.456. The van der Waals surface area contributed by atoms with Crippen LogP contribution in [0.4, 0.5) is 0 Å². The van der Waals surface area contributed by atoms with Crippen LogP contribution in [0.15, 0.2) is 48.5 Å². The summed E-state index contributed by atoms with van der Waals surface area (Å²) in [5.74, 6) is 1.54. The van der Waals surface area contributed by atoms with Crippen molar-refractivity contribution >= 4 is 5.97 Å². The van der Waals surface area contributed by atoms with Crippen molar-refractivity contribution in [2.24, 2.45) is 0 Å². The molecule has 0 amide bonds. The maximum absolute atomic E-state index is 11.1. The van der Waals surface area contributed by atoms with E-state index in [0.29, 0.717) is 31.3 Å². The third-order valence-electron chi connectivity index (χ3n) is 7.42. The fraction of sp³-hybridized carbons (Fsp3) is 0.367. The molecule has 6 rings (SSSR count). The average Bonchev–Trinajstić information content (AvgIpc) is 3.49. The van der Waals surface area contributed by atoms with Crippen LogP contribution in [0.2, 0.25) is 0 Å². The molecule has 0 saturated carbocycles. The Labute approximate surface area is 210 Å². The summed E-state index contributed by atoms with van der Waals surface area (Å²) in [7, 11) is 0. The molecule has 3 aromatic rings. The molecule has 1 aliphatic carbocycles. The molecule has 6 heteroatoms. The van der Waals surface area contributed by atoms with Gasteiger partial charge in [-0.15, -0.1) is 0 Å². The average molecular weight is 487 g/mol. The zero-order valence-electron chi connectivity index (χ0n) is 20.4. The number of aryl methyl sites for hydroxylation is 1. The van der Waals surface area contributed by atoms with Gasteiger partial charge >= 0.3 is 5.97 Å². The Morgan fingerprint density at radius 1 is 1.08 bits per heavy atom. The molecular weight excluding hydrogens is 456 g/mol. The van der Waals surface area contributed by atoms with E-state index >= 15 is 0 Å². The summed E-state index contributed by atoms with van der Waals surface area (Å²) in [6, 6.07) is 16.4. The zero-order valence-corrected chi connectivity index (χ0v) is 20.4. The lowest BCUT2D eigenvalue weighted by atomic mass is 9.79. The lowest BCUT2D eigenvalue weighted by molar-refractivity contribution is -0.137. The number of benzene rings is 3. The number of hydrogen-bond acceptors (Lipinski definition) is 5. The Hall–Kier alpha value is -3.51. The molecule has 1 fully saturated rings. The number of carbonyl (C=O) groups is 1. The minimum atomic E-state index is -0.813. The molecule has 3 aromatic carbocycles. The smallest absolute Gasteiger partial charge is 0.304 e. The van der Waals surface area contributed by atoms with Gasteiger partial charge in [0.15, 0.2) is 0 Å². The number of ether oxygens (including phenoxy) is 4. The highest BCUT2D eigenvalue weighted by molar-refractivity contribution is 5.76. The molecule has 6 nitrogen and oxygen atoms in total. The predicted molar refractivity (Wildman–Crippen MR) is 135 cm³/mol. The predicted octanol–water partition coefficient (Wildman–Crippen LogP) is 5.46. The molecule has 36 heavy (non-hydrogen) atoms. The second-order valence-electron chi connectivity index (χ2n) is 9.92. The molecule has 0 radical (unpaired) electrons. The molecular formula is C30H30O6. The van der Waals surface area contributed by atoms with Crippen LogP contribution >= 0.6 is 0 Å². The fourth-order valence-corrected chi connectivity index (χ4v) is 5.52. The molecule has 186 valence electrons. The number of aliphatic carboxylic acids is 1. The van der Waals surface area contributed by atoms with Gasteiger partial charge in [-0.3, -0.25) is 4.79 Å². The van der Waals surface area contributed by atoms with Crippen molar-refractivity contribution in [2.45, 2.75) is 51.2 Å². The number of hydrogen-bond donors (Lipinski definition) is 1. The highest BCUT2D eigenvalue weighted by Gasteiger charge is 2.28. The summed E-state index contributed by atoms with van der Waals surface area (Å²) < 4.78 is 23.6. The number of rotatable bonds is 8. The van der Waals surface area contributed by atoms with Crippen LogP contribution in [0.1, 0.15) is 46.6 Å². The molecule has 0 bridgehead atoms. The van der Waals surface area contributed by atoms with Crippen LogP contribution in [-0.2, 0) is 29.0 Å². The van der Waals surface area contributed by atoms with E-state index < -0.39 is 5.97 Å². The van der Waals surface area contributed by atoms with E-state index in [9.17, 15) is 4.79 Å². The summed E-state index contributed by atoms with van der Waals surface area (Å²) in [6.45, 7) is 4.46. The molecule has 1 saturated heterocycles. The van der Waals surface area contributed by atoms with Gasteiger partial charge in [-0.1, -0.05) is 24.3 Å². The third kappa shape index (κ3) is 4.42. The maximum Gasteiger partial charge on any atom is 0.304 e. The first-order chi connectivity index (χ1) is 17.5. The first-order valence-corrected chi connectivity index (χ1v) is 12.7. The summed E-state index contributed by atoms with van der Waals surface area (Å²) in [5.41, 5.74) is 8.50. The highest BCUT2D eigenvalue weighted by Crippen LogP contribution is 2.43. The van der Waals surface area contributed by atoms with Gasteiger partial charge in [0.05, 0.1) is 26.2 Å². The fourth-order valence-electron chi connectivity index (χ4n) is 5.52. The highest BCUT2D eigenvalue weighted by atomic mass is 16.5. The largest absolute Gasteiger partial charge is 0.492 e. The van der Waals surface area contributed by atoms with Crippen LogP contribution in [-0.4, -0.2) is 37.0 Å². The lowest BCUT2D eigenvalue weighted by Gasteiger charge is -2.29. The van der Waals surface area contributed by atoms with Gasteiger partial charge in [-0.05, 0) is 71.3 Å². The van der Waals surface area contributed by atoms with Crippen molar-refractivity contribution in [2.75, 3.05) is 19.8 Å². The Bertz CT molecular complexity index is 1310. The zero-order chi connectivity index (χ0) is 24.6. The number of carboxylic acid groups (broad SMARTS) is 1. The van der Waals surface area contributed by atoms with Gasteiger partial charge < -0.3 is 24.1 Å². The van der Waals surface area contributed by atoms with Crippen LogP contribution in [0, 0.1) is 6.92 Å². The second-order valence-corrected chi connectivity index (χ2v) is 9.92. The van der Waals surface area contributed by atoms with E-state index in [1.165, 1.54) is 27.8 Å². The second kappa shape index (κ2) is 9.51. The topological polar surface area (TPSA) is 74.2 Å². The standard InChI is InChI=1S/C30H30O6/c1-18-11-28(36-23-9-10-33-17-23)25-7-8-26(25)30(18)20-4-2-3-19(12-20)15-34-22-5-6-24-21(13-29(31)32)16-35-27(24)14-22/h2-6,11-12,14,21,23H,7-10,13,15-17H2,1H3,(H,31,32)/t21-,23+/m1/s1. The van der Waals surface area contributed by atoms with Crippen LogP contribution in [0.3, 0.4) is 0 Å². The molecule has 0 spiro atoms. The molecule has 1 N–H and O–H groups in total. The van der Waals surface area contributed by atoms with Crippen LogP contribution in [0.5, 0.6) is 17.2 Å². The molecule has 3 aliphatic rings. The Kier molecular flexibility index (Phi) is 6.05. The summed E-state index contributed by atoms with van der Waals surface area (Å²) >= 11 is 0. The van der Waals surface area contributed by atoms with Crippen LogP contribution in [0.25, 0.3) is 11.1 Å². The Morgan fingerprint density at radius 2 is 1.97 bits per heavy atom. The Morgan fingerprint density at radius 3 is 2.75 bits per heavy atom. The minimum absolute atomic E-state index is 0.0746.